The van der Waals surface area contributed by atoms with Crippen LogP contribution >= 0.6 is 0 Å². The number of hydrogen-bond acceptors (Lipinski definition) is 5. The van der Waals surface area contributed by atoms with Gasteiger partial charge in [0, 0.05) is 12.7 Å². The number of carbonyl (C=O) groups excluding carboxylic acids is 1. The molecule has 0 bridgehead atoms. The SMILES string of the molecule is COc1ccc(CNc2nccc(C)c2C(=O)OC(C)(C)C)cc1. The first kappa shape index (κ1) is 17.8. The number of nitrogens with zero attached hydrogens (tertiary/aromatic N) is 1. The molecule has 0 saturated carbocycles. The third kappa shape index (κ3) is 4.72. The second-order valence-electron chi connectivity index (χ2n) is 6.55. The number of carbonyl (C=O) groups is 1. The second-order valence-corrected chi connectivity index (χ2v) is 6.55. The Bertz CT molecular complexity index is 704. The molecule has 1 heterocycles. The highest BCUT2D eigenvalue weighted by Gasteiger charge is 2.22. The van der Waals surface area contributed by atoms with Crippen LogP contribution in [0, 0.1) is 6.92 Å². The van der Waals surface area contributed by atoms with Gasteiger partial charge in [0.2, 0.25) is 0 Å². The summed E-state index contributed by atoms with van der Waals surface area (Å²) < 4.78 is 10.6. The van der Waals surface area contributed by atoms with Crippen LogP contribution in [0.3, 0.4) is 0 Å². The summed E-state index contributed by atoms with van der Waals surface area (Å²) in [5.74, 6) is 0.965. The molecule has 0 fully saturated rings. The summed E-state index contributed by atoms with van der Waals surface area (Å²) in [6.07, 6.45) is 1.68. The number of ether oxygens (including phenoxy) is 2. The fourth-order valence-electron chi connectivity index (χ4n) is 2.21. The Morgan fingerprint density at radius 3 is 2.42 bits per heavy atom. The maximum absolute atomic E-state index is 12.5. The van der Waals surface area contributed by atoms with Gasteiger partial charge in [-0.3, -0.25) is 0 Å². The standard InChI is InChI=1S/C19H24N2O3/c1-13-10-11-20-17(16(13)18(22)24-19(2,3)4)21-12-14-6-8-15(23-5)9-7-14/h6-11H,12H2,1-5H3,(H,20,21). The first-order valence-corrected chi connectivity index (χ1v) is 7.86. The molecule has 2 aromatic rings. The lowest BCUT2D eigenvalue weighted by atomic mass is 10.1. The molecular formula is C19H24N2O3. The lowest BCUT2D eigenvalue weighted by molar-refractivity contribution is 0.00695. The number of hydrogen-bond donors (Lipinski definition) is 1. The van der Waals surface area contributed by atoms with Crippen LogP contribution in [0.15, 0.2) is 36.5 Å². The number of anilines is 1. The molecule has 1 aromatic heterocycles. The Hall–Kier alpha value is -2.56. The molecule has 1 N–H and O–H groups in total. The fraction of sp³-hybridized carbons (Fsp3) is 0.368. The Morgan fingerprint density at radius 1 is 1.17 bits per heavy atom. The molecule has 128 valence electrons. The van der Waals surface area contributed by atoms with E-state index in [2.05, 4.69) is 10.3 Å². The number of methoxy groups -OCH3 is 1. The Morgan fingerprint density at radius 2 is 1.83 bits per heavy atom. The smallest absolute Gasteiger partial charge is 0.342 e. The molecule has 24 heavy (non-hydrogen) atoms. The summed E-state index contributed by atoms with van der Waals surface area (Å²) in [6, 6.07) is 9.53. The molecule has 0 unspecified atom stereocenters. The zero-order chi connectivity index (χ0) is 17.7. The molecule has 0 radical (unpaired) electrons. The normalized spacial score (nSPS) is 11.0. The molecule has 0 aliphatic heterocycles. The Kier molecular flexibility index (Phi) is 5.44. The van der Waals surface area contributed by atoms with E-state index in [0.717, 1.165) is 16.9 Å². The van der Waals surface area contributed by atoms with Crippen LogP contribution in [-0.2, 0) is 11.3 Å². The number of aryl methyl sites for hydroxylation is 1. The van der Waals surface area contributed by atoms with Gasteiger partial charge in [-0.05, 0) is 57.0 Å². The molecule has 0 amide bonds. The van der Waals surface area contributed by atoms with Crippen LogP contribution in [0.4, 0.5) is 5.82 Å². The van der Waals surface area contributed by atoms with Gasteiger partial charge in [0.15, 0.2) is 0 Å². The largest absolute Gasteiger partial charge is 0.497 e. The monoisotopic (exact) mass is 328 g/mol. The average Bonchev–Trinajstić information content (AvgIpc) is 2.51. The lowest BCUT2D eigenvalue weighted by Gasteiger charge is -2.21. The predicted molar refractivity (Wildman–Crippen MR) is 94.5 cm³/mol. The zero-order valence-electron chi connectivity index (χ0n) is 14.8. The van der Waals surface area contributed by atoms with Gasteiger partial charge in [-0.25, -0.2) is 9.78 Å². The van der Waals surface area contributed by atoms with Crippen molar-refractivity contribution >= 4 is 11.8 Å². The van der Waals surface area contributed by atoms with Crippen LogP contribution in [0.25, 0.3) is 0 Å². The van der Waals surface area contributed by atoms with Crippen molar-refractivity contribution < 1.29 is 14.3 Å². The van der Waals surface area contributed by atoms with Crippen molar-refractivity contribution in [2.75, 3.05) is 12.4 Å². The van der Waals surface area contributed by atoms with Crippen molar-refractivity contribution in [3.8, 4) is 5.75 Å². The minimum absolute atomic E-state index is 0.370. The van der Waals surface area contributed by atoms with E-state index in [1.165, 1.54) is 0 Å². The van der Waals surface area contributed by atoms with Crippen molar-refractivity contribution in [1.82, 2.24) is 4.98 Å². The van der Waals surface area contributed by atoms with Gasteiger partial charge in [0.25, 0.3) is 0 Å². The van der Waals surface area contributed by atoms with Crippen molar-refractivity contribution in [3.05, 3.63) is 53.2 Å². The quantitative estimate of drug-likeness (QED) is 0.842. The number of benzene rings is 1. The fourth-order valence-corrected chi connectivity index (χ4v) is 2.21. The average molecular weight is 328 g/mol. The highest BCUT2D eigenvalue weighted by Crippen LogP contribution is 2.22. The maximum Gasteiger partial charge on any atom is 0.342 e. The topological polar surface area (TPSA) is 60.5 Å². The first-order valence-electron chi connectivity index (χ1n) is 7.86. The summed E-state index contributed by atoms with van der Waals surface area (Å²) in [7, 11) is 1.64. The first-order chi connectivity index (χ1) is 11.3. The van der Waals surface area contributed by atoms with Crippen molar-refractivity contribution in [1.29, 1.82) is 0 Å². The predicted octanol–water partition coefficient (Wildman–Crippen LogP) is 3.97. The second kappa shape index (κ2) is 7.34. The van der Waals surface area contributed by atoms with Gasteiger partial charge in [-0.1, -0.05) is 12.1 Å². The van der Waals surface area contributed by atoms with Crippen LogP contribution in [-0.4, -0.2) is 23.7 Å². The van der Waals surface area contributed by atoms with Crippen molar-refractivity contribution in [2.45, 2.75) is 39.8 Å². The molecule has 5 heteroatoms. The van der Waals surface area contributed by atoms with E-state index < -0.39 is 5.60 Å². The van der Waals surface area contributed by atoms with Gasteiger partial charge < -0.3 is 14.8 Å². The summed E-state index contributed by atoms with van der Waals surface area (Å²) in [5.41, 5.74) is 1.82. The number of esters is 1. The van der Waals surface area contributed by atoms with Gasteiger partial charge in [-0.15, -0.1) is 0 Å². The molecular weight excluding hydrogens is 304 g/mol. The van der Waals surface area contributed by atoms with Crippen LogP contribution in [0.1, 0.15) is 42.3 Å². The van der Waals surface area contributed by atoms with Crippen molar-refractivity contribution in [3.63, 3.8) is 0 Å². The minimum Gasteiger partial charge on any atom is -0.497 e. The van der Waals surface area contributed by atoms with E-state index in [0.29, 0.717) is 17.9 Å². The number of pyridine rings is 1. The van der Waals surface area contributed by atoms with E-state index >= 15 is 0 Å². The molecule has 5 nitrogen and oxygen atoms in total. The molecule has 0 spiro atoms. The van der Waals surface area contributed by atoms with E-state index in [1.54, 1.807) is 19.4 Å². The molecule has 0 aliphatic rings. The third-order valence-corrected chi connectivity index (χ3v) is 3.38. The van der Waals surface area contributed by atoms with Gasteiger partial charge >= 0.3 is 5.97 Å². The van der Waals surface area contributed by atoms with Crippen molar-refractivity contribution in [2.24, 2.45) is 0 Å². The summed E-state index contributed by atoms with van der Waals surface area (Å²) in [4.78, 5) is 16.8. The number of nitrogens with one attached hydrogen (secondary N) is 1. The molecule has 0 aliphatic carbocycles. The number of rotatable bonds is 5. The molecule has 2 rings (SSSR count). The van der Waals surface area contributed by atoms with Gasteiger partial charge in [0.05, 0.1) is 7.11 Å². The maximum atomic E-state index is 12.5. The molecule has 1 aromatic carbocycles. The Labute approximate surface area is 143 Å². The van der Waals surface area contributed by atoms with Gasteiger partial charge in [0.1, 0.15) is 22.7 Å². The minimum atomic E-state index is -0.549. The van der Waals surface area contributed by atoms with Gasteiger partial charge in [-0.2, -0.15) is 0 Å². The summed E-state index contributed by atoms with van der Waals surface area (Å²) in [5, 5.41) is 3.22. The van der Waals surface area contributed by atoms with E-state index in [-0.39, 0.29) is 5.97 Å². The highest BCUT2D eigenvalue weighted by molar-refractivity contribution is 5.96. The van der Waals surface area contributed by atoms with Crippen LogP contribution in [0.5, 0.6) is 5.75 Å². The van der Waals surface area contributed by atoms with E-state index in [1.807, 2.05) is 52.0 Å². The molecule has 0 saturated heterocycles. The zero-order valence-corrected chi connectivity index (χ0v) is 14.8. The lowest BCUT2D eigenvalue weighted by Crippen LogP contribution is -2.25. The van der Waals surface area contributed by atoms with Crippen LogP contribution in [0.2, 0.25) is 0 Å². The summed E-state index contributed by atoms with van der Waals surface area (Å²) in [6.45, 7) is 7.97. The summed E-state index contributed by atoms with van der Waals surface area (Å²) >= 11 is 0. The van der Waals surface area contributed by atoms with E-state index in [9.17, 15) is 4.79 Å². The third-order valence-electron chi connectivity index (χ3n) is 3.38. The van der Waals surface area contributed by atoms with E-state index in [4.69, 9.17) is 9.47 Å². The molecule has 0 atom stereocenters. The Balaban J connectivity index is 2.17. The van der Waals surface area contributed by atoms with Crippen LogP contribution < -0.4 is 10.1 Å². The number of aromatic nitrogens is 1. The highest BCUT2D eigenvalue weighted by atomic mass is 16.6.